The Bertz CT molecular complexity index is 614. The van der Waals surface area contributed by atoms with Crippen molar-refractivity contribution in [2.75, 3.05) is 6.54 Å². The van der Waals surface area contributed by atoms with E-state index in [-0.39, 0.29) is 0 Å². The van der Waals surface area contributed by atoms with Gasteiger partial charge in [-0.3, -0.25) is 0 Å². The Hall–Kier alpha value is -0.740. The molecule has 0 spiro atoms. The summed E-state index contributed by atoms with van der Waals surface area (Å²) in [6.45, 7) is 4.23. The van der Waals surface area contributed by atoms with Crippen molar-refractivity contribution in [1.29, 1.82) is 0 Å². The van der Waals surface area contributed by atoms with Gasteiger partial charge < -0.3 is 10.1 Å². The molecule has 0 unspecified atom stereocenters. The molecule has 0 radical (unpaired) electrons. The second-order valence-electron chi connectivity index (χ2n) is 4.92. The third-order valence-electron chi connectivity index (χ3n) is 3.20. The number of hydrogen-bond acceptors (Lipinski definition) is 2. The highest BCUT2D eigenvalue weighted by atomic mass is 79.9. The molecule has 0 atom stereocenters. The van der Waals surface area contributed by atoms with Gasteiger partial charge in [-0.1, -0.05) is 52.1 Å². The molecule has 1 N–H and O–H groups in total. The molecule has 2 aromatic carbocycles. The van der Waals surface area contributed by atoms with Crippen LogP contribution in [0, 0.1) is 0 Å². The fourth-order valence-corrected chi connectivity index (χ4v) is 2.96. The molecule has 2 nitrogen and oxygen atoms in total. The van der Waals surface area contributed by atoms with Crippen molar-refractivity contribution in [2.24, 2.45) is 0 Å². The lowest BCUT2D eigenvalue weighted by atomic mass is 10.2. The van der Waals surface area contributed by atoms with Crippen molar-refractivity contribution >= 4 is 39.1 Å². The molecule has 0 aliphatic heterocycles. The van der Waals surface area contributed by atoms with Crippen molar-refractivity contribution in [2.45, 2.75) is 26.5 Å². The van der Waals surface area contributed by atoms with Crippen LogP contribution < -0.4 is 10.1 Å². The van der Waals surface area contributed by atoms with E-state index in [1.54, 1.807) is 0 Å². The topological polar surface area (TPSA) is 21.3 Å². The van der Waals surface area contributed by atoms with Crippen LogP contribution in [0.5, 0.6) is 5.75 Å². The van der Waals surface area contributed by atoms with Crippen molar-refractivity contribution in [3.05, 3.63) is 62.0 Å². The van der Waals surface area contributed by atoms with Crippen molar-refractivity contribution in [3.8, 4) is 5.75 Å². The summed E-state index contributed by atoms with van der Waals surface area (Å²) in [5.41, 5.74) is 1.91. The molecule has 0 bridgehead atoms. The average Bonchev–Trinajstić information content (AvgIpc) is 2.49. The molecule has 0 heterocycles. The van der Waals surface area contributed by atoms with Crippen LogP contribution in [0.15, 0.2) is 40.9 Å². The maximum absolute atomic E-state index is 6.18. The summed E-state index contributed by atoms with van der Waals surface area (Å²) >= 11 is 15.9. The summed E-state index contributed by atoms with van der Waals surface area (Å²) in [7, 11) is 0. The molecule has 118 valence electrons. The Kier molecular flexibility index (Phi) is 7.03. The van der Waals surface area contributed by atoms with Gasteiger partial charge in [0.2, 0.25) is 0 Å². The molecule has 22 heavy (non-hydrogen) atoms. The number of benzene rings is 2. The number of nitrogens with one attached hydrogen (secondary N) is 1. The van der Waals surface area contributed by atoms with Crippen molar-refractivity contribution in [1.82, 2.24) is 5.32 Å². The fourth-order valence-electron chi connectivity index (χ4n) is 2.05. The van der Waals surface area contributed by atoms with E-state index in [1.807, 2.05) is 30.3 Å². The zero-order valence-electron chi connectivity index (χ0n) is 12.3. The quantitative estimate of drug-likeness (QED) is 0.587. The number of halogens is 3. The van der Waals surface area contributed by atoms with Crippen LogP contribution in [0.2, 0.25) is 10.0 Å². The molecule has 0 fully saturated rings. The van der Waals surface area contributed by atoms with Gasteiger partial charge in [0.05, 0.1) is 0 Å². The Morgan fingerprint density at radius 3 is 2.55 bits per heavy atom. The Labute approximate surface area is 149 Å². The second kappa shape index (κ2) is 8.78. The average molecular weight is 403 g/mol. The monoisotopic (exact) mass is 401 g/mol. The van der Waals surface area contributed by atoms with Crippen molar-refractivity contribution in [3.63, 3.8) is 0 Å². The SMILES string of the molecule is CCCNCc1cc(Br)ccc1OCc1c(Cl)cccc1Cl. The lowest BCUT2D eigenvalue weighted by molar-refractivity contribution is 0.302. The molecular weight excluding hydrogens is 385 g/mol. The van der Waals surface area contributed by atoms with Gasteiger partial charge in [0, 0.05) is 32.2 Å². The van der Waals surface area contributed by atoms with Gasteiger partial charge in [0.15, 0.2) is 0 Å². The Morgan fingerprint density at radius 1 is 1.14 bits per heavy atom. The highest BCUT2D eigenvalue weighted by Gasteiger charge is 2.09. The lowest BCUT2D eigenvalue weighted by Gasteiger charge is -2.14. The second-order valence-corrected chi connectivity index (χ2v) is 6.65. The minimum Gasteiger partial charge on any atom is -0.488 e. The van der Waals surface area contributed by atoms with Gasteiger partial charge in [-0.15, -0.1) is 0 Å². The number of ether oxygens (including phenoxy) is 1. The third-order valence-corrected chi connectivity index (χ3v) is 4.40. The highest BCUT2D eigenvalue weighted by molar-refractivity contribution is 9.10. The smallest absolute Gasteiger partial charge is 0.124 e. The first-order valence-electron chi connectivity index (χ1n) is 7.16. The summed E-state index contributed by atoms with van der Waals surface area (Å²) < 4.78 is 6.97. The van der Waals surface area contributed by atoms with Crippen molar-refractivity contribution < 1.29 is 4.74 Å². The minimum absolute atomic E-state index is 0.348. The normalized spacial score (nSPS) is 10.7. The molecule has 5 heteroatoms. The predicted octanol–water partition coefficient (Wildman–Crippen LogP) is 5.83. The highest BCUT2D eigenvalue weighted by Crippen LogP contribution is 2.28. The molecule has 0 aromatic heterocycles. The first-order chi connectivity index (χ1) is 10.6. The van der Waals surface area contributed by atoms with Crippen LogP contribution in [-0.2, 0) is 13.2 Å². The molecule has 0 aliphatic rings. The fraction of sp³-hybridized carbons (Fsp3) is 0.294. The molecular formula is C17H18BrCl2NO. The Balaban J connectivity index is 2.12. The summed E-state index contributed by atoms with van der Waals surface area (Å²) in [6, 6.07) is 11.4. The van der Waals surface area contributed by atoms with Gasteiger partial charge in [0.1, 0.15) is 12.4 Å². The molecule has 2 aromatic rings. The molecule has 0 amide bonds. The van der Waals surface area contributed by atoms with Gasteiger partial charge in [-0.05, 0) is 43.3 Å². The van der Waals surface area contributed by atoms with Gasteiger partial charge in [-0.25, -0.2) is 0 Å². The van der Waals surface area contributed by atoms with Gasteiger partial charge in [-0.2, -0.15) is 0 Å². The standard InChI is InChI=1S/C17H18BrCl2NO/c1-2-8-21-10-12-9-13(18)6-7-17(12)22-11-14-15(19)4-3-5-16(14)20/h3-7,9,21H,2,8,10-11H2,1H3. The molecule has 0 saturated heterocycles. The van der Waals surface area contributed by atoms with E-state index in [9.17, 15) is 0 Å². The lowest BCUT2D eigenvalue weighted by Crippen LogP contribution is -2.14. The maximum Gasteiger partial charge on any atom is 0.124 e. The van der Waals surface area contributed by atoms with Crippen LogP contribution in [0.3, 0.4) is 0 Å². The summed E-state index contributed by atoms with van der Waals surface area (Å²) in [6.07, 6.45) is 1.10. The molecule has 0 aliphatic carbocycles. The number of hydrogen-bond donors (Lipinski definition) is 1. The first-order valence-corrected chi connectivity index (χ1v) is 8.71. The van der Waals surface area contributed by atoms with E-state index >= 15 is 0 Å². The van der Waals surface area contributed by atoms with E-state index in [1.165, 1.54) is 0 Å². The zero-order chi connectivity index (χ0) is 15.9. The molecule has 0 saturated carbocycles. The van der Waals surface area contributed by atoms with E-state index in [4.69, 9.17) is 27.9 Å². The minimum atomic E-state index is 0.348. The van der Waals surface area contributed by atoms with Crippen LogP contribution >= 0.6 is 39.1 Å². The maximum atomic E-state index is 6.18. The summed E-state index contributed by atoms with van der Waals surface area (Å²) in [5.74, 6) is 0.836. The van der Waals surface area contributed by atoms with Gasteiger partial charge in [0.25, 0.3) is 0 Å². The number of rotatable bonds is 7. The summed E-state index contributed by atoms with van der Waals surface area (Å²) in [4.78, 5) is 0. The van der Waals surface area contributed by atoms with E-state index in [0.717, 1.165) is 40.9 Å². The molecule has 2 rings (SSSR count). The van der Waals surface area contributed by atoms with Crippen LogP contribution in [-0.4, -0.2) is 6.54 Å². The van der Waals surface area contributed by atoms with Crippen LogP contribution in [0.1, 0.15) is 24.5 Å². The van der Waals surface area contributed by atoms with E-state index in [2.05, 4.69) is 34.2 Å². The van der Waals surface area contributed by atoms with Gasteiger partial charge >= 0.3 is 0 Å². The summed E-state index contributed by atoms with van der Waals surface area (Å²) in [5, 5.41) is 4.63. The first kappa shape index (κ1) is 17.6. The van der Waals surface area contributed by atoms with Crippen LogP contribution in [0.4, 0.5) is 0 Å². The zero-order valence-corrected chi connectivity index (χ0v) is 15.4. The van der Waals surface area contributed by atoms with Crippen LogP contribution in [0.25, 0.3) is 0 Å². The largest absolute Gasteiger partial charge is 0.488 e. The van der Waals surface area contributed by atoms with E-state index in [0.29, 0.717) is 16.7 Å². The van der Waals surface area contributed by atoms with E-state index < -0.39 is 0 Å². The predicted molar refractivity (Wildman–Crippen MR) is 96.9 cm³/mol. The third kappa shape index (κ3) is 4.88. The Morgan fingerprint density at radius 2 is 1.86 bits per heavy atom.